The van der Waals surface area contributed by atoms with Crippen LogP contribution in [0.5, 0.6) is 0 Å². The zero-order chi connectivity index (χ0) is 13.1. The number of aromatic nitrogens is 2. The van der Waals surface area contributed by atoms with E-state index < -0.39 is 0 Å². The lowest BCUT2D eigenvalue weighted by Gasteiger charge is -2.18. The Bertz CT molecular complexity index is 350. The molecule has 2 heteroatoms. The molecule has 1 rings (SSSR count). The number of hydrogen-bond donors (Lipinski definition) is 0. The molecular weight excluding hydrogens is 208 g/mol. The molecule has 2 nitrogen and oxygen atoms in total. The van der Waals surface area contributed by atoms with Crippen LogP contribution in [0.3, 0.4) is 0 Å². The summed E-state index contributed by atoms with van der Waals surface area (Å²) in [7, 11) is 0. The van der Waals surface area contributed by atoms with Gasteiger partial charge in [0.15, 0.2) is 0 Å². The molecule has 1 heterocycles. The first kappa shape index (κ1) is 14.1. The van der Waals surface area contributed by atoms with Crippen LogP contribution >= 0.6 is 0 Å². The fourth-order valence-electron chi connectivity index (χ4n) is 1.64. The molecule has 0 fully saturated rings. The maximum absolute atomic E-state index is 4.22. The largest absolute Gasteiger partial charge is 0.159 e. The molecule has 1 unspecified atom stereocenters. The molecule has 0 saturated carbocycles. The van der Waals surface area contributed by atoms with Gasteiger partial charge >= 0.3 is 0 Å². The molecule has 0 bridgehead atoms. The highest BCUT2D eigenvalue weighted by Gasteiger charge is 2.16. The van der Waals surface area contributed by atoms with Gasteiger partial charge in [-0.15, -0.1) is 0 Å². The molecule has 1 aromatic rings. The van der Waals surface area contributed by atoms with Crippen molar-refractivity contribution in [3.05, 3.63) is 23.5 Å². The first-order valence-corrected chi connectivity index (χ1v) is 6.63. The van der Waals surface area contributed by atoms with Crippen LogP contribution in [0.15, 0.2) is 12.3 Å². The smallest absolute Gasteiger partial charge is 0.0687 e. The van der Waals surface area contributed by atoms with Gasteiger partial charge in [0.2, 0.25) is 0 Å². The average Bonchev–Trinajstić information content (AvgIpc) is 2.25. The van der Waals surface area contributed by atoms with Crippen LogP contribution in [0.2, 0.25) is 0 Å². The second-order valence-electron chi connectivity index (χ2n) is 6.46. The Hall–Kier alpha value is -0.920. The van der Waals surface area contributed by atoms with Crippen molar-refractivity contribution in [1.82, 2.24) is 10.2 Å². The van der Waals surface area contributed by atoms with E-state index in [4.69, 9.17) is 0 Å². The van der Waals surface area contributed by atoms with Gasteiger partial charge in [-0.1, -0.05) is 41.5 Å². The Morgan fingerprint density at radius 1 is 1.18 bits per heavy atom. The summed E-state index contributed by atoms with van der Waals surface area (Å²) in [5.41, 5.74) is 2.50. The SMILES string of the molecule is CC(C)C(C)CCc1cnnc(C(C)(C)C)c1. The molecule has 1 aromatic heterocycles. The van der Waals surface area contributed by atoms with E-state index in [0.29, 0.717) is 0 Å². The minimum atomic E-state index is 0.0900. The Kier molecular flexibility index (Phi) is 4.67. The lowest BCUT2D eigenvalue weighted by Crippen LogP contribution is -2.15. The molecule has 0 spiro atoms. The van der Waals surface area contributed by atoms with Gasteiger partial charge in [0.1, 0.15) is 0 Å². The maximum atomic E-state index is 4.22. The molecule has 17 heavy (non-hydrogen) atoms. The lowest BCUT2D eigenvalue weighted by atomic mass is 9.89. The Balaban J connectivity index is 2.67. The quantitative estimate of drug-likeness (QED) is 0.787. The first-order chi connectivity index (χ1) is 7.80. The molecule has 0 aliphatic rings. The van der Waals surface area contributed by atoms with E-state index >= 15 is 0 Å². The summed E-state index contributed by atoms with van der Waals surface area (Å²) in [6, 6.07) is 2.21. The highest BCUT2D eigenvalue weighted by Crippen LogP contribution is 2.21. The molecule has 96 valence electrons. The second kappa shape index (κ2) is 5.61. The zero-order valence-electron chi connectivity index (χ0n) is 12.1. The van der Waals surface area contributed by atoms with Crippen molar-refractivity contribution in [2.75, 3.05) is 0 Å². The van der Waals surface area contributed by atoms with Crippen molar-refractivity contribution in [2.45, 2.75) is 59.8 Å². The van der Waals surface area contributed by atoms with Crippen LogP contribution in [-0.4, -0.2) is 10.2 Å². The van der Waals surface area contributed by atoms with E-state index in [9.17, 15) is 0 Å². The summed E-state index contributed by atoms with van der Waals surface area (Å²) >= 11 is 0. The highest BCUT2D eigenvalue weighted by molar-refractivity contribution is 5.18. The molecule has 0 aliphatic carbocycles. The minimum absolute atomic E-state index is 0.0900. The predicted molar refractivity (Wildman–Crippen MR) is 73.1 cm³/mol. The Morgan fingerprint density at radius 2 is 1.82 bits per heavy atom. The molecule has 1 atom stereocenters. The summed E-state index contributed by atoms with van der Waals surface area (Å²) < 4.78 is 0. The van der Waals surface area contributed by atoms with Gasteiger partial charge in [0.25, 0.3) is 0 Å². The lowest BCUT2D eigenvalue weighted by molar-refractivity contribution is 0.392. The molecular formula is C15H26N2. The Morgan fingerprint density at radius 3 is 2.35 bits per heavy atom. The fraction of sp³-hybridized carbons (Fsp3) is 0.733. The van der Waals surface area contributed by atoms with E-state index in [-0.39, 0.29) is 5.41 Å². The standard InChI is InChI=1S/C15H26N2/c1-11(2)12(3)7-8-13-9-14(15(4,5)6)17-16-10-13/h9-12H,7-8H2,1-6H3. The van der Waals surface area contributed by atoms with Crippen LogP contribution in [-0.2, 0) is 11.8 Å². The first-order valence-electron chi connectivity index (χ1n) is 6.63. The van der Waals surface area contributed by atoms with Crippen molar-refractivity contribution in [3.63, 3.8) is 0 Å². The predicted octanol–water partition coefficient (Wildman–Crippen LogP) is 4.00. The summed E-state index contributed by atoms with van der Waals surface area (Å²) in [5.74, 6) is 1.52. The highest BCUT2D eigenvalue weighted by atomic mass is 15.1. The average molecular weight is 234 g/mol. The van der Waals surface area contributed by atoms with E-state index in [2.05, 4.69) is 57.8 Å². The number of nitrogens with zero attached hydrogens (tertiary/aromatic N) is 2. The fourth-order valence-corrected chi connectivity index (χ4v) is 1.64. The third kappa shape index (κ3) is 4.45. The van der Waals surface area contributed by atoms with E-state index in [1.54, 1.807) is 0 Å². The molecule has 0 N–H and O–H groups in total. The third-order valence-corrected chi connectivity index (χ3v) is 3.51. The summed E-state index contributed by atoms with van der Waals surface area (Å²) in [6.45, 7) is 13.4. The van der Waals surface area contributed by atoms with Crippen LogP contribution in [0.25, 0.3) is 0 Å². The van der Waals surface area contributed by atoms with E-state index in [1.165, 1.54) is 12.0 Å². The number of rotatable bonds is 4. The maximum Gasteiger partial charge on any atom is 0.0687 e. The molecule has 0 saturated heterocycles. The van der Waals surface area contributed by atoms with Gasteiger partial charge in [-0.25, -0.2) is 0 Å². The molecule has 0 aromatic carbocycles. The van der Waals surface area contributed by atoms with Crippen molar-refractivity contribution < 1.29 is 0 Å². The monoisotopic (exact) mass is 234 g/mol. The molecule has 0 aliphatic heterocycles. The summed E-state index contributed by atoms with van der Waals surface area (Å²) in [4.78, 5) is 0. The second-order valence-corrected chi connectivity index (χ2v) is 6.46. The van der Waals surface area contributed by atoms with Crippen LogP contribution in [0.1, 0.15) is 59.2 Å². The van der Waals surface area contributed by atoms with Gasteiger partial charge in [-0.05, 0) is 36.3 Å². The van der Waals surface area contributed by atoms with Gasteiger partial charge in [0.05, 0.1) is 11.9 Å². The summed E-state index contributed by atoms with van der Waals surface area (Å²) in [6.07, 6.45) is 4.24. The van der Waals surface area contributed by atoms with Crippen LogP contribution in [0.4, 0.5) is 0 Å². The van der Waals surface area contributed by atoms with Crippen molar-refractivity contribution in [3.8, 4) is 0 Å². The van der Waals surface area contributed by atoms with Crippen LogP contribution in [0, 0.1) is 11.8 Å². The van der Waals surface area contributed by atoms with Gasteiger partial charge < -0.3 is 0 Å². The minimum Gasteiger partial charge on any atom is -0.159 e. The van der Waals surface area contributed by atoms with E-state index in [0.717, 1.165) is 24.0 Å². The zero-order valence-corrected chi connectivity index (χ0v) is 12.1. The normalized spacial score (nSPS) is 14.1. The third-order valence-electron chi connectivity index (χ3n) is 3.51. The number of aryl methyl sites for hydroxylation is 1. The Labute approximate surface area is 106 Å². The molecule has 0 amide bonds. The van der Waals surface area contributed by atoms with Gasteiger partial charge in [-0.2, -0.15) is 10.2 Å². The van der Waals surface area contributed by atoms with Crippen molar-refractivity contribution in [2.24, 2.45) is 11.8 Å². The van der Waals surface area contributed by atoms with E-state index in [1.807, 2.05) is 6.20 Å². The van der Waals surface area contributed by atoms with Crippen LogP contribution < -0.4 is 0 Å². The van der Waals surface area contributed by atoms with Gasteiger partial charge in [0, 0.05) is 5.41 Å². The summed E-state index contributed by atoms with van der Waals surface area (Å²) in [5, 5.41) is 8.35. The topological polar surface area (TPSA) is 25.8 Å². The van der Waals surface area contributed by atoms with Crippen molar-refractivity contribution in [1.29, 1.82) is 0 Å². The van der Waals surface area contributed by atoms with Gasteiger partial charge in [-0.3, -0.25) is 0 Å². The molecule has 0 radical (unpaired) electrons. The van der Waals surface area contributed by atoms with Crippen molar-refractivity contribution >= 4 is 0 Å². The number of hydrogen-bond acceptors (Lipinski definition) is 2.